The molecule has 4 nitrogen and oxygen atoms in total. The van der Waals surface area contributed by atoms with E-state index >= 15 is 0 Å². The van der Waals surface area contributed by atoms with Crippen molar-refractivity contribution in [3.63, 3.8) is 0 Å². The van der Waals surface area contributed by atoms with Crippen molar-refractivity contribution in [3.8, 4) is 11.5 Å². The maximum absolute atomic E-state index is 12.1. The van der Waals surface area contributed by atoms with E-state index in [4.69, 9.17) is 4.42 Å². The van der Waals surface area contributed by atoms with Crippen LogP contribution in [0.2, 0.25) is 0 Å². The molecular formula is C20H16N2O2S. The third-order valence-electron chi connectivity index (χ3n) is 4.14. The fourth-order valence-corrected chi connectivity index (χ4v) is 3.22. The SMILES string of the molecule is Cc1cc2nc(-c3ccc(NC(=O)c4cccs4)cc3)oc2cc1C. The molecule has 0 spiro atoms. The first-order valence-electron chi connectivity index (χ1n) is 7.93. The molecule has 0 aliphatic rings. The first kappa shape index (κ1) is 15.6. The Morgan fingerprint density at radius 1 is 1.08 bits per heavy atom. The highest BCUT2D eigenvalue weighted by Crippen LogP contribution is 2.27. The van der Waals surface area contributed by atoms with Crippen LogP contribution in [0.3, 0.4) is 0 Å². The van der Waals surface area contributed by atoms with E-state index < -0.39 is 0 Å². The lowest BCUT2D eigenvalue weighted by molar-refractivity contribution is 0.103. The minimum absolute atomic E-state index is 0.101. The monoisotopic (exact) mass is 348 g/mol. The van der Waals surface area contributed by atoms with E-state index in [0.717, 1.165) is 22.4 Å². The summed E-state index contributed by atoms with van der Waals surface area (Å²) < 4.78 is 5.87. The van der Waals surface area contributed by atoms with E-state index in [-0.39, 0.29) is 5.91 Å². The number of anilines is 1. The smallest absolute Gasteiger partial charge is 0.265 e. The molecule has 1 amide bonds. The summed E-state index contributed by atoms with van der Waals surface area (Å²) in [7, 11) is 0. The van der Waals surface area contributed by atoms with Crippen LogP contribution in [0.4, 0.5) is 5.69 Å². The summed E-state index contributed by atoms with van der Waals surface area (Å²) in [6.07, 6.45) is 0. The topological polar surface area (TPSA) is 55.1 Å². The maximum atomic E-state index is 12.1. The van der Waals surface area contributed by atoms with Gasteiger partial charge in [-0.15, -0.1) is 11.3 Å². The quantitative estimate of drug-likeness (QED) is 0.537. The lowest BCUT2D eigenvalue weighted by Crippen LogP contribution is -2.09. The van der Waals surface area contributed by atoms with Gasteiger partial charge in [0.05, 0.1) is 4.88 Å². The van der Waals surface area contributed by atoms with E-state index in [1.165, 1.54) is 22.5 Å². The zero-order valence-corrected chi connectivity index (χ0v) is 14.7. The molecule has 4 rings (SSSR count). The number of carbonyl (C=O) groups excluding carboxylic acids is 1. The van der Waals surface area contributed by atoms with Crippen molar-refractivity contribution in [1.82, 2.24) is 4.98 Å². The molecule has 0 bridgehead atoms. The number of aryl methyl sites for hydroxylation is 2. The number of benzene rings is 2. The second-order valence-electron chi connectivity index (χ2n) is 5.93. The Balaban J connectivity index is 1.58. The molecular weight excluding hydrogens is 332 g/mol. The van der Waals surface area contributed by atoms with Crippen molar-refractivity contribution in [1.29, 1.82) is 0 Å². The Bertz CT molecular complexity index is 1010. The van der Waals surface area contributed by atoms with Gasteiger partial charge >= 0.3 is 0 Å². The van der Waals surface area contributed by atoms with Gasteiger partial charge in [0, 0.05) is 11.3 Å². The largest absolute Gasteiger partial charge is 0.436 e. The van der Waals surface area contributed by atoms with Gasteiger partial charge in [0.15, 0.2) is 5.58 Å². The molecule has 2 heterocycles. The summed E-state index contributed by atoms with van der Waals surface area (Å²) >= 11 is 1.42. The molecule has 2 aromatic carbocycles. The Labute approximate surface area is 149 Å². The summed E-state index contributed by atoms with van der Waals surface area (Å²) in [6, 6.07) is 15.2. The van der Waals surface area contributed by atoms with Crippen molar-refractivity contribution in [2.24, 2.45) is 0 Å². The molecule has 5 heteroatoms. The molecule has 0 aliphatic heterocycles. The fraction of sp³-hybridized carbons (Fsp3) is 0.100. The van der Waals surface area contributed by atoms with Gasteiger partial charge in [-0.3, -0.25) is 4.79 Å². The highest BCUT2D eigenvalue weighted by molar-refractivity contribution is 7.12. The molecule has 0 aliphatic carbocycles. The first-order valence-corrected chi connectivity index (χ1v) is 8.81. The number of thiophene rings is 1. The number of amides is 1. The molecule has 0 saturated carbocycles. The standard InChI is InChI=1S/C20H16N2O2S/c1-12-10-16-17(11-13(12)2)24-20(22-16)14-5-7-15(8-6-14)21-19(23)18-4-3-9-25-18/h3-11H,1-2H3,(H,21,23). The Morgan fingerprint density at radius 2 is 1.84 bits per heavy atom. The van der Waals surface area contributed by atoms with Gasteiger partial charge in [-0.2, -0.15) is 0 Å². The van der Waals surface area contributed by atoms with Crippen molar-refractivity contribution in [2.45, 2.75) is 13.8 Å². The molecule has 0 fully saturated rings. The van der Waals surface area contributed by atoms with Gasteiger partial charge in [0.25, 0.3) is 5.91 Å². The van der Waals surface area contributed by atoms with Crippen LogP contribution < -0.4 is 5.32 Å². The maximum Gasteiger partial charge on any atom is 0.265 e. The number of hydrogen-bond acceptors (Lipinski definition) is 4. The van der Waals surface area contributed by atoms with Crippen molar-refractivity contribution < 1.29 is 9.21 Å². The molecule has 0 radical (unpaired) electrons. The van der Waals surface area contributed by atoms with Gasteiger partial charge in [0.1, 0.15) is 5.52 Å². The van der Waals surface area contributed by atoms with Crippen molar-refractivity contribution >= 4 is 34.0 Å². The average molecular weight is 348 g/mol. The zero-order valence-electron chi connectivity index (χ0n) is 13.9. The minimum Gasteiger partial charge on any atom is -0.436 e. The number of rotatable bonds is 3. The van der Waals surface area contributed by atoms with Gasteiger partial charge in [-0.25, -0.2) is 4.98 Å². The molecule has 0 atom stereocenters. The van der Waals surface area contributed by atoms with Crippen LogP contribution in [0.25, 0.3) is 22.6 Å². The number of carbonyl (C=O) groups is 1. The van der Waals surface area contributed by atoms with Crippen molar-refractivity contribution in [2.75, 3.05) is 5.32 Å². The van der Waals surface area contributed by atoms with Crippen molar-refractivity contribution in [3.05, 3.63) is 69.9 Å². The van der Waals surface area contributed by atoms with E-state index in [0.29, 0.717) is 10.8 Å². The molecule has 0 unspecified atom stereocenters. The summed E-state index contributed by atoms with van der Waals surface area (Å²) in [6.45, 7) is 4.12. The van der Waals surface area contributed by atoms with E-state index in [1.807, 2.05) is 47.8 Å². The predicted octanol–water partition coefficient (Wildman–Crippen LogP) is 5.43. The van der Waals surface area contributed by atoms with Crippen LogP contribution in [0.15, 0.2) is 58.3 Å². The van der Waals surface area contributed by atoms with Gasteiger partial charge < -0.3 is 9.73 Å². The fourth-order valence-electron chi connectivity index (χ4n) is 2.60. The second kappa shape index (κ2) is 6.18. The number of nitrogens with one attached hydrogen (secondary N) is 1. The van der Waals surface area contributed by atoms with Crippen LogP contribution in [0.1, 0.15) is 20.8 Å². The molecule has 1 N–H and O–H groups in total. The number of aromatic nitrogens is 1. The van der Waals surface area contributed by atoms with Crippen LogP contribution in [0, 0.1) is 13.8 Å². The van der Waals surface area contributed by atoms with Crippen LogP contribution in [0.5, 0.6) is 0 Å². The summed E-state index contributed by atoms with van der Waals surface area (Å²) in [5, 5.41) is 4.77. The van der Waals surface area contributed by atoms with E-state index in [1.54, 1.807) is 6.07 Å². The second-order valence-corrected chi connectivity index (χ2v) is 6.88. The number of oxazole rings is 1. The first-order chi connectivity index (χ1) is 12.1. The highest BCUT2D eigenvalue weighted by Gasteiger charge is 2.11. The van der Waals surface area contributed by atoms with Crippen LogP contribution in [-0.4, -0.2) is 10.9 Å². The molecule has 2 aromatic heterocycles. The summed E-state index contributed by atoms with van der Waals surface area (Å²) in [4.78, 5) is 17.3. The Morgan fingerprint density at radius 3 is 2.56 bits per heavy atom. The number of hydrogen-bond donors (Lipinski definition) is 1. The Hall–Kier alpha value is -2.92. The molecule has 4 aromatic rings. The number of fused-ring (bicyclic) bond motifs is 1. The van der Waals surface area contributed by atoms with Gasteiger partial charge in [-0.1, -0.05) is 6.07 Å². The lowest BCUT2D eigenvalue weighted by Gasteiger charge is -2.04. The molecule has 124 valence electrons. The molecule has 0 saturated heterocycles. The molecule has 25 heavy (non-hydrogen) atoms. The van der Waals surface area contributed by atoms with Crippen LogP contribution in [-0.2, 0) is 0 Å². The zero-order chi connectivity index (χ0) is 17.4. The Kier molecular flexibility index (Phi) is 3.86. The summed E-state index contributed by atoms with van der Waals surface area (Å²) in [5.74, 6) is 0.478. The normalized spacial score (nSPS) is 11.0. The average Bonchev–Trinajstić information content (AvgIpc) is 3.26. The summed E-state index contributed by atoms with van der Waals surface area (Å²) in [5.41, 5.74) is 5.63. The third kappa shape index (κ3) is 3.06. The minimum atomic E-state index is -0.101. The van der Waals surface area contributed by atoms with Gasteiger partial charge in [0.2, 0.25) is 5.89 Å². The highest BCUT2D eigenvalue weighted by atomic mass is 32.1. The van der Waals surface area contributed by atoms with E-state index in [2.05, 4.69) is 24.1 Å². The van der Waals surface area contributed by atoms with E-state index in [9.17, 15) is 4.79 Å². The predicted molar refractivity (Wildman–Crippen MR) is 101 cm³/mol. The van der Waals surface area contributed by atoms with Gasteiger partial charge in [-0.05, 0) is 72.8 Å². The van der Waals surface area contributed by atoms with Crippen LogP contribution >= 0.6 is 11.3 Å². The number of nitrogens with zero attached hydrogens (tertiary/aromatic N) is 1. The third-order valence-corrected chi connectivity index (χ3v) is 5.01. The lowest BCUT2D eigenvalue weighted by atomic mass is 10.1.